The van der Waals surface area contributed by atoms with Crippen LogP contribution in [0.4, 0.5) is 4.79 Å². The molecule has 2 atom stereocenters. The van der Waals surface area contributed by atoms with Crippen LogP contribution in [0.25, 0.3) is 0 Å². The monoisotopic (exact) mass is 304 g/mol. The number of urea groups is 1. The third-order valence-electron chi connectivity index (χ3n) is 4.23. The Morgan fingerprint density at radius 1 is 1.32 bits per heavy atom. The molecule has 1 aromatic rings. The van der Waals surface area contributed by atoms with Crippen LogP contribution in [0.3, 0.4) is 0 Å². The lowest BCUT2D eigenvalue weighted by molar-refractivity contribution is -0.136. The SMILES string of the molecule is Cc1ccccc1[C@@]1(C)NC(=O)N(C[C@H]2COCCO2)C1=O. The van der Waals surface area contributed by atoms with Crippen molar-refractivity contribution in [3.05, 3.63) is 35.4 Å². The molecule has 3 amide bonds. The van der Waals surface area contributed by atoms with Crippen LogP contribution in [0.5, 0.6) is 0 Å². The first-order valence-corrected chi connectivity index (χ1v) is 7.42. The molecule has 2 aliphatic heterocycles. The van der Waals surface area contributed by atoms with Crippen LogP contribution < -0.4 is 5.32 Å². The highest BCUT2D eigenvalue weighted by Crippen LogP contribution is 2.31. The molecule has 2 saturated heterocycles. The molecule has 22 heavy (non-hydrogen) atoms. The van der Waals surface area contributed by atoms with Gasteiger partial charge in [0, 0.05) is 0 Å². The molecule has 2 heterocycles. The van der Waals surface area contributed by atoms with Crippen molar-refractivity contribution in [2.75, 3.05) is 26.4 Å². The van der Waals surface area contributed by atoms with Crippen molar-refractivity contribution in [1.82, 2.24) is 10.2 Å². The van der Waals surface area contributed by atoms with Crippen molar-refractivity contribution in [3.63, 3.8) is 0 Å². The number of carbonyl (C=O) groups excluding carboxylic acids is 2. The fraction of sp³-hybridized carbons (Fsp3) is 0.500. The molecule has 3 rings (SSSR count). The highest BCUT2D eigenvalue weighted by atomic mass is 16.6. The van der Waals surface area contributed by atoms with Crippen LogP contribution in [0.1, 0.15) is 18.1 Å². The lowest BCUT2D eigenvalue weighted by atomic mass is 9.88. The molecule has 6 nitrogen and oxygen atoms in total. The third kappa shape index (κ3) is 2.48. The summed E-state index contributed by atoms with van der Waals surface area (Å²) in [5, 5.41) is 2.82. The number of ether oxygens (including phenoxy) is 2. The van der Waals surface area contributed by atoms with Crippen LogP contribution in [0.2, 0.25) is 0 Å². The van der Waals surface area contributed by atoms with E-state index in [9.17, 15) is 9.59 Å². The van der Waals surface area contributed by atoms with E-state index in [1.807, 2.05) is 31.2 Å². The Kier molecular flexibility index (Phi) is 3.88. The Labute approximate surface area is 129 Å². The van der Waals surface area contributed by atoms with Crippen LogP contribution >= 0.6 is 0 Å². The standard InChI is InChI=1S/C16H20N2O4/c1-11-5-3-4-6-13(11)16(2)14(19)18(15(20)17-16)9-12-10-21-7-8-22-12/h3-6,12H,7-10H2,1-2H3,(H,17,20)/t12-,16+/m0/s1. The number of hydrogen-bond acceptors (Lipinski definition) is 4. The molecule has 0 spiro atoms. The Morgan fingerprint density at radius 3 is 2.77 bits per heavy atom. The second-order valence-corrected chi connectivity index (χ2v) is 5.85. The molecule has 0 unspecified atom stereocenters. The molecule has 0 bridgehead atoms. The quantitative estimate of drug-likeness (QED) is 0.852. The molecule has 118 valence electrons. The van der Waals surface area contributed by atoms with E-state index in [1.165, 1.54) is 4.90 Å². The second kappa shape index (κ2) is 5.70. The average Bonchev–Trinajstić information content (AvgIpc) is 2.73. The van der Waals surface area contributed by atoms with E-state index in [-0.39, 0.29) is 24.6 Å². The summed E-state index contributed by atoms with van der Waals surface area (Å²) in [6.07, 6.45) is -0.261. The van der Waals surface area contributed by atoms with E-state index >= 15 is 0 Å². The number of imide groups is 1. The maximum atomic E-state index is 12.8. The Morgan fingerprint density at radius 2 is 2.09 bits per heavy atom. The van der Waals surface area contributed by atoms with E-state index in [1.54, 1.807) is 6.92 Å². The van der Waals surface area contributed by atoms with Gasteiger partial charge in [0.2, 0.25) is 0 Å². The fourth-order valence-electron chi connectivity index (χ4n) is 3.02. The number of hydrogen-bond donors (Lipinski definition) is 1. The Hall–Kier alpha value is -1.92. The Bertz CT molecular complexity index is 598. The van der Waals surface area contributed by atoms with Gasteiger partial charge in [-0.2, -0.15) is 0 Å². The number of aryl methyl sites for hydroxylation is 1. The summed E-state index contributed by atoms with van der Waals surface area (Å²) in [6.45, 7) is 5.33. The molecule has 2 aliphatic rings. The van der Waals surface area contributed by atoms with Gasteiger partial charge in [0.05, 0.1) is 32.5 Å². The lowest BCUT2D eigenvalue weighted by Crippen LogP contribution is -2.44. The number of rotatable bonds is 3. The average molecular weight is 304 g/mol. The van der Waals surface area contributed by atoms with Gasteiger partial charge >= 0.3 is 6.03 Å². The second-order valence-electron chi connectivity index (χ2n) is 5.85. The molecule has 1 aromatic carbocycles. The number of amides is 3. The number of benzene rings is 1. The van der Waals surface area contributed by atoms with Crippen LogP contribution in [-0.2, 0) is 19.8 Å². The van der Waals surface area contributed by atoms with Gasteiger partial charge in [-0.05, 0) is 25.0 Å². The van der Waals surface area contributed by atoms with Crippen molar-refractivity contribution in [2.24, 2.45) is 0 Å². The van der Waals surface area contributed by atoms with Gasteiger partial charge in [0.25, 0.3) is 5.91 Å². The molecule has 1 N–H and O–H groups in total. The smallest absolute Gasteiger partial charge is 0.325 e. The van der Waals surface area contributed by atoms with E-state index in [2.05, 4.69) is 5.32 Å². The van der Waals surface area contributed by atoms with Gasteiger partial charge in [-0.15, -0.1) is 0 Å². The normalized spacial score (nSPS) is 28.8. The van der Waals surface area contributed by atoms with E-state index in [0.717, 1.165) is 11.1 Å². The van der Waals surface area contributed by atoms with Crippen molar-refractivity contribution >= 4 is 11.9 Å². The zero-order valence-corrected chi connectivity index (χ0v) is 12.8. The third-order valence-corrected chi connectivity index (χ3v) is 4.23. The van der Waals surface area contributed by atoms with Gasteiger partial charge < -0.3 is 14.8 Å². The summed E-state index contributed by atoms with van der Waals surface area (Å²) >= 11 is 0. The van der Waals surface area contributed by atoms with Crippen molar-refractivity contribution in [2.45, 2.75) is 25.5 Å². The zero-order valence-electron chi connectivity index (χ0n) is 12.8. The topological polar surface area (TPSA) is 67.9 Å². The van der Waals surface area contributed by atoms with Crippen molar-refractivity contribution in [3.8, 4) is 0 Å². The minimum absolute atomic E-state index is 0.214. The first-order chi connectivity index (χ1) is 10.5. The number of carbonyl (C=O) groups is 2. The summed E-state index contributed by atoms with van der Waals surface area (Å²) in [6, 6.07) is 7.20. The predicted molar refractivity (Wildman–Crippen MR) is 79.3 cm³/mol. The van der Waals surface area contributed by atoms with Gasteiger partial charge in [-0.1, -0.05) is 24.3 Å². The summed E-state index contributed by atoms with van der Waals surface area (Å²) in [5.41, 5.74) is 0.757. The summed E-state index contributed by atoms with van der Waals surface area (Å²) in [5.74, 6) is -0.249. The highest BCUT2D eigenvalue weighted by molar-refractivity contribution is 6.07. The van der Waals surface area contributed by atoms with Gasteiger partial charge in [-0.3, -0.25) is 9.69 Å². The van der Waals surface area contributed by atoms with Crippen LogP contribution in [0.15, 0.2) is 24.3 Å². The minimum atomic E-state index is -1.03. The predicted octanol–water partition coefficient (Wildman–Crippen LogP) is 1.18. The molecule has 0 aromatic heterocycles. The molecule has 2 fully saturated rings. The maximum absolute atomic E-state index is 12.8. The van der Waals surface area contributed by atoms with Gasteiger partial charge in [-0.25, -0.2) is 4.79 Å². The fourth-order valence-corrected chi connectivity index (χ4v) is 3.02. The van der Waals surface area contributed by atoms with E-state index < -0.39 is 5.54 Å². The zero-order chi connectivity index (χ0) is 15.7. The molecule has 0 saturated carbocycles. The molecule has 0 radical (unpaired) electrons. The first-order valence-electron chi connectivity index (χ1n) is 7.42. The molecular weight excluding hydrogens is 284 g/mol. The maximum Gasteiger partial charge on any atom is 0.325 e. The largest absolute Gasteiger partial charge is 0.376 e. The minimum Gasteiger partial charge on any atom is -0.376 e. The van der Waals surface area contributed by atoms with Gasteiger partial charge in [0.1, 0.15) is 5.54 Å². The van der Waals surface area contributed by atoms with E-state index in [4.69, 9.17) is 9.47 Å². The number of nitrogens with one attached hydrogen (secondary N) is 1. The molecule has 0 aliphatic carbocycles. The highest BCUT2D eigenvalue weighted by Gasteiger charge is 2.50. The summed E-state index contributed by atoms with van der Waals surface area (Å²) in [7, 11) is 0. The van der Waals surface area contributed by atoms with Gasteiger partial charge in [0.15, 0.2) is 0 Å². The van der Waals surface area contributed by atoms with Crippen LogP contribution in [-0.4, -0.2) is 49.3 Å². The van der Waals surface area contributed by atoms with Crippen molar-refractivity contribution < 1.29 is 19.1 Å². The lowest BCUT2D eigenvalue weighted by Gasteiger charge is -2.27. The Balaban J connectivity index is 1.83. The summed E-state index contributed by atoms with van der Waals surface area (Å²) < 4.78 is 10.9. The summed E-state index contributed by atoms with van der Waals surface area (Å²) in [4.78, 5) is 26.3. The molecular formula is C16H20N2O4. The molecule has 6 heteroatoms. The number of nitrogens with zero attached hydrogens (tertiary/aromatic N) is 1. The first kappa shape index (κ1) is 15.0. The van der Waals surface area contributed by atoms with E-state index in [0.29, 0.717) is 19.8 Å². The van der Waals surface area contributed by atoms with Crippen molar-refractivity contribution in [1.29, 1.82) is 0 Å². The van der Waals surface area contributed by atoms with Crippen LogP contribution in [0, 0.1) is 6.92 Å².